The topological polar surface area (TPSA) is 71.7 Å². The van der Waals surface area contributed by atoms with Crippen molar-refractivity contribution in [3.05, 3.63) is 47.3 Å². The minimum Gasteiger partial charge on any atom is -0.434 e. The summed E-state index contributed by atoms with van der Waals surface area (Å²) >= 11 is 0. The maximum Gasteiger partial charge on any atom is 0.387 e. The molecule has 0 atom stereocenters. The van der Waals surface area contributed by atoms with Crippen molar-refractivity contribution in [2.75, 3.05) is 7.05 Å². The number of guanidine groups is 1. The Bertz CT molecular complexity index is 708. The van der Waals surface area contributed by atoms with Crippen molar-refractivity contribution >= 4 is 29.9 Å². The highest BCUT2D eigenvalue weighted by Gasteiger charge is 2.11. The third-order valence-electron chi connectivity index (χ3n) is 3.46. The van der Waals surface area contributed by atoms with Crippen molar-refractivity contribution in [3.8, 4) is 5.75 Å². The van der Waals surface area contributed by atoms with Crippen molar-refractivity contribution in [3.63, 3.8) is 0 Å². The van der Waals surface area contributed by atoms with E-state index in [9.17, 15) is 8.78 Å². The van der Waals surface area contributed by atoms with E-state index in [0.717, 1.165) is 5.69 Å². The summed E-state index contributed by atoms with van der Waals surface area (Å²) in [6.07, 6.45) is 0. The number of aliphatic imine (C=N–C) groups is 1. The molecular formula is C17H23F2IN4O2. The first-order chi connectivity index (χ1) is 12.0. The van der Waals surface area contributed by atoms with E-state index in [0.29, 0.717) is 29.7 Å². The predicted octanol–water partition coefficient (Wildman–Crippen LogP) is 3.88. The molecule has 144 valence electrons. The van der Waals surface area contributed by atoms with E-state index in [2.05, 4.69) is 25.5 Å². The maximum absolute atomic E-state index is 12.4. The molecule has 0 aliphatic carbocycles. The van der Waals surface area contributed by atoms with Gasteiger partial charge in [0, 0.05) is 25.2 Å². The fourth-order valence-corrected chi connectivity index (χ4v) is 2.12. The Kier molecular flexibility index (Phi) is 9.31. The third-order valence-corrected chi connectivity index (χ3v) is 3.46. The van der Waals surface area contributed by atoms with Gasteiger partial charge >= 0.3 is 6.61 Å². The van der Waals surface area contributed by atoms with Crippen LogP contribution in [0.2, 0.25) is 0 Å². The second-order valence-electron chi connectivity index (χ2n) is 5.64. The van der Waals surface area contributed by atoms with Gasteiger partial charge < -0.3 is 19.9 Å². The summed E-state index contributed by atoms with van der Waals surface area (Å²) in [4.78, 5) is 4.09. The Morgan fingerprint density at radius 1 is 1.23 bits per heavy atom. The van der Waals surface area contributed by atoms with Crippen LogP contribution in [0.5, 0.6) is 5.75 Å². The Labute approximate surface area is 168 Å². The molecule has 6 nitrogen and oxygen atoms in total. The Balaban J connectivity index is 0.00000338. The Morgan fingerprint density at radius 2 is 1.92 bits per heavy atom. The molecule has 2 aromatic rings. The lowest BCUT2D eigenvalue weighted by atomic mass is 10.1. The normalized spacial score (nSPS) is 11.4. The van der Waals surface area contributed by atoms with Gasteiger partial charge in [-0.3, -0.25) is 4.99 Å². The fourth-order valence-electron chi connectivity index (χ4n) is 2.12. The first-order valence-corrected chi connectivity index (χ1v) is 7.92. The van der Waals surface area contributed by atoms with Gasteiger partial charge in [-0.25, -0.2) is 0 Å². The van der Waals surface area contributed by atoms with Gasteiger partial charge in [0.05, 0.1) is 12.2 Å². The summed E-state index contributed by atoms with van der Waals surface area (Å²) in [7, 11) is 1.62. The lowest BCUT2D eigenvalue weighted by molar-refractivity contribution is -0.0504. The first-order valence-electron chi connectivity index (χ1n) is 7.92. The summed E-state index contributed by atoms with van der Waals surface area (Å²) in [5.41, 5.74) is 1.49. The van der Waals surface area contributed by atoms with Gasteiger partial charge in [-0.1, -0.05) is 37.2 Å². The SMILES string of the molecule is CN=C(NCc1cc(C(C)C)no1)NCc1ccccc1OC(F)F.I. The molecule has 0 aliphatic rings. The van der Waals surface area contributed by atoms with Gasteiger partial charge in [-0.2, -0.15) is 8.78 Å². The summed E-state index contributed by atoms with van der Waals surface area (Å²) in [5, 5.41) is 10.1. The number of aromatic nitrogens is 1. The van der Waals surface area contributed by atoms with Crippen molar-refractivity contribution in [2.45, 2.75) is 39.5 Å². The first kappa shape index (κ1) is 22.1. The standard InChI is InChI=1S/C17H22F2N4O2.HI/c1-11(2)14-8-13(25-23-14)10-22-17(20-3)21-9-12-6-4-5-7-15(12)24-16(18)19;/h4-8,11,16H,9-10H2,1-3H3,(H2,20,21,22);1H. The number of hydrogen-bond donors (Lipinski definition) is 2. The molecule has 0 saturated carbocycles. The number of rotatable bonds is 7. The second-order valence-corrected chi connectivity index (χ2v) is 5.64. The van der Waals surface area contributed by atoms with Crippen LogP contribution in [0.15, 0.2) is 39.8 Å². The molecule has 9 heteroatoms. The second kappa shape index (κ2) is 10.9. The highest BCUT2D eigenvalue weighted by molar-refractivity contribution is 14.0. The van der Waals surface area contributed by atoms with Crippen LogP contribution in [0.3, 0.4) is 0 Å². The van der Waals surface area contributed by atoms with Crippen LogP contribution in [0.25, 0.3) is 0 Å². The Hall–Kier alpha value is -1.91. The minimum absolute atomic E-state index is 0. The van der Waals surface area contributed by atoms with Gasteiger partial charge in [0.15, 0.2) is 11.7 Å². The van der Waals surface area contributed by atoms with Crippen molar-refractivity contribution in [1.29, 1.82) is 0 Å². The molecule has 26 heavy (non-hydrogen) atoms. The fraction of sp³-hybridized carbons (Fsp3) is 0.412. The summed E-state index contributed by atoms with van der Waals surface area (Å²) in [5.74, 6) is 1.63. The molecule has 0 unspecified atom stereocenters. The lowest BCUT2D eigenvalue weighted by Crippen LogP contribution is -2.36. The highest BCUT2D eigenvalue weighted by Crippen LogP contribution is 2.20. The van der Waals surface area contributed by atoms with Crippen LogP contribution in [-0.4, -0.2) is 24.8 Å². The smallest absolute Gasteiger partial charge is 0.387 e. The summed E-state index contributed by atoms with van der Waals surface area (Å²) < 4.78 is 34.6. The van der Waals surface area contributed by atoms with Crippen LogP contribution in [0, 0.1) is 0 Å². The van der Waals surface area contributed by atoms with E-state index in [-0.39, 0.29) is 36.3 Å². The van der Waals surface area contributed by atoms with Crippen LogP contribution in [0.4, 0.5) is 8.78 Å². The molecule has 2 N–H and O–H groups in total. The molecule has 1 heterocycles. The minimum atomic E-state index is -2.86. The van der Waals surface area contributed by atoms with Gasteiger partial charge in [0.2, 0.25) is 0 Å². The summed E-state index contributed by atoms with van der Waals surface area (Å²) in [6, 6.07) is 8.50. The number of nitrogens with one attached hydrogen (secondary N) is 2. The molecule has 0 aliphatic heterocycles. The molecule has 1 aromatic heterocycles. The lowest BCUT2D eigenvalue weighted by Gasteiger charge is -2.13. The largest absolute Gasteiger partial charge is 0.434 e. The molecule has 0 bridgehead atoms. The molecule has 0 radical (unpaired) electrons. The summed E-state index contributed by atoms with van der Waals surface area (Å²) in [6.45, 7) is 1.91. The predicted molar refractivity (Wildman–Crippen MR) is 106 cm³/mol. The average molecular weight is 480 g/mol. The van der Waals surface area contributed by atoms with Crippen molar-refractivity contribution in [1.82, 2.24) is 15.8 Å². The zero-order valence-electron chi connectivity index (χ0n) is 14.8. The maximum atomic E-state index is 12.4. The molecule has 2 rings (SSSR count). The molecule has 0 spiro atoms. The monoisotopic (exact) mass is 480 g/mol. The van der Waals surface area contributed by atoms with E-state index < -0.39 is 6.61 Å². The zero-order valence-corrected chi connectivity index (χ0v) is 17.2. The van der Waals surface area contributed by atoms with E-state index in [1.165, 1.54) is 6.07 Å². The van der Waals surface area contributed by atoms with Crippen molar-refractivity contribution < 1.29 is 18.0 Å². The van der Waals surface area contributed by atoms with Crippen molar-refractivity contribution in [2.24, 2.45) is 4.99 Å². The van der Waals surface area contributed by atoms with E-state index in [4.69, 9.17) is 4.52 Å². The molecule has 1 aromatic carbocycles. The van der Waals surface area contributed by atoms with Crippen LogP contribution >= 0.6 is 24.0 Å². The van der Waals surface area contributed by atoms with Gasteiger partial charge in [-0.15, -0.1) is 24.0 Å². The zero-order chi connectivity index (χ0) is 18.2. The number of nitrogens with zero attached hydrogens (tertiary/aromatic N) is 2. The number of benzene rings is 1. The third kappa shape index (κ3) is 6.77. The highest BCUT2D eigenvalue weighted by atomic mass is 127. The average Bonchev–Trinajstić information content (AvgIpc) is 3.05. The Morgan fingerprint density at radius 3 is 2.54 bits per heavy atom. The van der Waals surface area contributed by atoms with Crippen LogP contribution < -0.4 is 15.4 Å². The molecule has 0 amide bonds. The van der Waals surface area contributed by atoms with Crippen LogP contribution in [0.1, 0.15) is 36.8 Å². The molecule has 0 saturated heterocycles. The van der Waals surface area contributed by atoms with E-state index >= 15 is 0 Å². The quantitative estimate of drug-likeness (QED) is 0.358. The van der Waals surface area contributed by atoms with E-state index in [1.54, 1.807) is 25.2 Å². The van der Waals surface area contributed by atoms with Gasteiger partial charge in [0.1, 0.15) is 5.75 Å². The molecular weight excluding hydrogens is 457 g/mol. The number of alkyl halides is 2. The van der Waals surface area contributed by atoms with Crippen LogP contribution in [-0.2, 0) is 13.1 Å². The number of hydrogen-bond acceptors (Lipinski definition) is 4. The van der Waals surface area contributed by atoms with Gasteiger partial charge in [0.25, 0.3) is 0 Å². The number of halogens is 3. The number of para-hydroxylation sites is 1. The van der Waals surface area contributed by atoms with Gasteiger partial charge in [-0.05, 0) is 12.0 Å². The molecule has 0 fully saturated rings. The number of ether oxygens (including phenoxy) is 1. The van der Waals surface area contributed by atoms with E-state index in [1.807, 2.05) is 19.9 Å².